The van der Waals surface area contributed by atoms with E-state index in [0.717, 1.165) is 16.7 Å². The first-order valence-electron chi connectivity index (χ1n) is 13.2. The van der Waals surface area contributed by atoms with Crippen molar-refractivity contribution in [3.8, 4) is 0 Å². The second-order valence-corrected chi connectivity index (χ2v) is 9.38. The number of hydrogen-bond donors (Lipinski definition) is 1. The van der Waals surface area contributed by atoms with E-state index in [1.807, 2.05) is 91.0 Å². The van der Waals surface area contributed by atoms with Gasteiger partial charge in [-0.05, 0) is 16.7 Å². The summed E-state index contributed by atoms with van der Waals surface area (Å²) in [7, 11) is 1.56. The summed E-state index contributed by atoms with van der Waals surface area (Å²) in [6.07, 6.45) is -2.88. The van der Waals surface area contributed by atoms with Crippen molar-refractivity contribution in [1.82, 2.24) is 0 Å². The zero-order valence-electron chi connectivity index (χ0n) is 22.3. The molecule has 0 aromatic heterocycles. The molecule has 39 heavy (non-hydrogen) atoms. The number of hydrogen-bond acceptors (Lipinski definition) is 7. The monoisotopic (exact) mass is 534 g/mol. The average molecular weight is 535 g/mol. The first-order chi connectivity index (χ1) is 19.2. The zero-order valence-corrected chi connectivity index (χ0v) is 22.3. The molecule has 1 fully saturated rings. The molecule has 7 nitrogen and oxygen atoms in total. The van der Waals surface area contributed by atoms with Crippen LogP contribution in [0.4, 0.5) is 0 Å². The molecule has 1 saturated heterocycles. The molecular formula is C32H38O7. The Morgan fingerprint density at radius 3 is 1.67 bits per heavy atom. The van der Waals surface area contributed by atoms with Crippen molar-refractivity contribution in [3.05, 3.63) is 120 Å². The van der Waals surface area contributed by atoms with Gasteiger partial charge in [0.15, 0.2) is 6.29 Å². The minimum atomic E-state index is -0.999. The molecule has 1 heterocycles. The number of aliphatic hydroxyl groups is 1. The van der Waals surface area contributed by atoms with E-state index in [9.17, 15) is 5.11 Å². The molecule has 1 N–H and O–H groups in total. The minimum Gasteiger partial charge on any atom is -0.388 e. The highest BCUT2D eigenvalue weighted by molar-refractivity contribution is 5.15. The van der Waals surface area contributed by atoms with Gasteiger partial charge in [0.1, 0.15) is 30.5 Å². The summed E-state index contributed by atoms with van der Waals surface area (Å²) < 4.78 is 37.0. The molecule has 208 valence electrons. The Balaban J connectivity index is 1.61. The number of benzene rings is 3. The van der Waals surface area contributed by atoms with Crippen molar-refractivity contribution < 1.29 is 33.5 Å². The van der Waals surface area contributed by atoms with Crippen molar-refractivity contribution in [2.45, 2.75) is 56.6 Å². The van der Waals surface area contributed by atoms with E-state index < -0.39 is 36.8 Å². The van der Waals surface area contributed by atoms with Crippen LogP contribution in [0.1, 0.15) is 16.7 Å². The lowest BCUT2D eigenvalue weighted by Gasteiger charge is -2.46. The van der Waals surface area contributed by atoms with E-state index >= 15 is 0 Å². The topological polar surface area (TPSA) is 75.6 Å². The Bertz CT molecular complexity index is 1080. The van der Waals surface area contributed by atoms with Crippen molar-refractivity contribution in [1.29, 1.82) is 0 Å². The summed E-state index contributed by atoms with van der Waals surface area (Å²) in [5.74, 6) is 0. The molecule has 3 aromatic rings. The van der Waals surface area contributed by atoms with Gasteiger partial charge in [-0.2, -0.15) is 0 Å². The average Bonchev–Trinajstić information content (AvgIpc) is 2.99. The molecule has 1 aliphatic rings. The summed E-state index contributed by atoms with van der Waals surface area (Å²) in [6.45, 7) is 4.99. The first-order valence-corrected chi connectivity index (χ1v) is 13.2. The predicted octanol–water partition coefficient (Wildman–Crippen LogP) is 4.68. The van der Waals surface area contributed by atoms with Gasteiger partial charge in [-0.1, -0.05) is 97.1 Å². The SMILES string of the molecule is C=CCOC[C@@H](O)[C@H]1O[C@H](OC)[C@H](OCc2ccccc2)[C@@H](OCc2ccccc2)[C@@H]1OCc1ccccc1. The first kappa shape index (κ1) is 29.1. The molecule has 0 radical (unpaired) electrons. The standard InChI is InChI=1S/C32H38O7/c1-3-19-35-23-27(33)28-29(36-20-24-13-7-4-8-14-24)30(37-21-25-15-9-5-10-16-25)31(32(34-2)39-28)38-22-26-17-11-6-12-18-26/h3-18,27-33H,1,19-23H2,2H3/t27-,28-,29-,30+,31-,32+/m1/s1. The van der Waals surface area contributed by atoms with Gasteiger partial charge >= 0.3 is 0 Å². The lowest BCUT2D eigenvalue weighted by atomic mass is 9.94. The van der Waals surface area contributed by atoms with Crippen molar-refractivity contribution in [2.24, 2.45) is 0 Å². The van der Waals surface area contributed by atoms with Crippen LogP contribution in [-0.2, 0) is 48.2 Å². The normalized spacial score (nSPS) is 23.8. The van der Waals surface area contributed by atoms with E-state index in [-0.39, 0.29) is 6.61 Å². The molecule has 0 amide bonds. The lowest BCUT2D eigenvalue weighted by Crippen LogP contribution is -2.63. The zero-order chi connectivity index (χ0) is 27.3. The van der Waals surface area contributed by atoms with E-state index in [1.54, 1.807) is 13.2 Å². The van der Waals surface area contributed by atoms with E-state index in [0.29, 0.717) is 26.4 Å². The Kier molecular flexibility index (Phi) is 11.7. The molecule has 0 unspecified atom stereocenters. The van der Waals surface area contributed by atoms with E-state index in [2.05, 4.69) is 6.58 Å². The maximum Gasteiger partial charge on any atom is 0.186 e. The molecule has 0 spiro atoms. The van der Waals surface area contributed by atoms with Crippen molar-refractivity contribution in [2.75, 3.05) is 20.3 Å². The summed E-state index contributed by atoms with van der Waals surface area (Å²) in [6, 6.07) is 29.7. The molecule has 4 rings (SSSR count). The van der Waals surface area contributed by atoms with Crippen LogP contribution in [0.15, 0.2) is 104 Å². The van der Waals surface area contributed by atoms with Crippen LogP contribution in [0.25, 0.3) is 0 Å². The molecule has 0 saturated carbocycles. The van der Waals surface area contributed by atoms with E-state index in [1.165, 1.54) is 0 Å². The Morgan fingerprint density at radius 1 is 0.744 bits per heavy atom. The van der Waals surface area contributed by atoms with Gasteiger partial charge in [0, 0.05) is 7.11 Å². The molecule has 0 aliphatic carbocycles. The number of ether oxygens (including phenoxy) is 6. The van der Waals surface area contributed by atoms with Crippen molar-refractivity contribution >= 4 is 0 Å². The smallest absolute Gasteiger partial charge is 0.186 e. The highest BCUT2D eigenvalue weighted by atomic mass is 16.7. The van der Waals surface area contributed by atoms with Crippen LogP contribution in [-0.4, -0.2) is 62.2 Å². The summed E-state index contributed by atoms with van der Waals surface area (Å²) >= 11 is 0. The van der Waals surface area contributed by atoms with Crippen LogP contribution >= 0.6 is 0 Å². The van der Waals surface area contributed by atoms with Gasteiger partial charge < -0.3 is 33.5 Å². The second kappa shape index (κ2) is 15.6. The molecule has 3 aromatic carbocycles. The van der Waals surface area contributed by atoms with Gasteiger partial charge in [-0.15, -0.1) is 6.58 Å². The number of methoxy groups -OCH3 is 1. The highest BCUT2D eigenvalue weighted by Gasteiger charge is 2.50. The van der Waals surface area contributed by atoms with Gasteiger partial charge in [-0.3, -0.25) is 0 Å². The second-order valence-electron chi connectivity index (χ2n) is 9.38. The fourth-order valence-electron chi connectivity index (χ4n) is 4.56. The Labute approximate surface area is 230 Å². The molecular weight excluding hydrogens is 496 g/mol. The molecule has 7 heteroatoms. The van der Waals surface area contributed by atoms with Crippen molar-refractivity contribution in [3.63, 3.8) is 0 Å². The largest absolute Gasteiger partial charge is 0.388 e. The van der Waals surface area contributed by atoms with Crippen LogP contribution < -0.4 is 0 Å². The Morgan fingerprint density at radius 2 is 1.21 bits per heavy atom. The maximum absolute atomic E-state index is 11.2. The van der Waals surface area contributed by atoms with Gasteiger partial charge in [0.25, 0.3) is 0 Å². The lowest BCUT2D eigenvalue weighted by molar-refractivity contribution is -0.331. The fraction of sp³-hybridized carbons (Fsp3) is 0.375. The number of rotatable bonds is 15. The molecule has 6 atom stereocenters. The van der Waals surface area contributed by atoms with E-state index in [4.69, 9.17) is 28.4 Å². The van der Waals surface area contributed by atoms with Gasteiger partial charge in [0.2, 0.25) is 0 Å². The quantitative estimate of drug-likeness (QED) is 0.224. The van der Waals surface area contributed by atoms with Crippen LogP contribution in [0, 0.1) is 0 Å². The summed E-state index contributed by atoms with van der Waals surface area (Å²) in [5.41, 5.74) is 3.01. The van der Waals surface area contributed by atoms with Crippen LogP contribution in [0.3, 0.4) is 0 Å². The van der Waals surface area contributed by atoms with Crippen LogP contribution in [0.5, 0.6) is 0 Å². The highest BCUT2D eigenvalue weighted by Crippen LogP contribution is 2.32. The third kappa shape index (κ3) is 8.55. The summed E-state index contributed by atoms with van der Waals surface area (Å²) in [4.78, 5) is 0. The van der Waals surface area contributed by atoms with Gasteiger partial charge in [-0.25, -0.2) is 0 Å². The fourth-order valence-corrected chi connectivity index (χ4v) is 4.56. The third-order valence-corrected chi connectivity index (χ3v) is 6.52. The molecule has 0 bridgehead atoms. The third-order valence-electron chi connectivity index (χ3n) is 6.52. The van der Waals surface area contributed by atoms with Crippen LogP contribution in [0.2, 0.25) is 0 Å². The molecule has 1 aliphatic heterocycles. The number of aliphatic hydroxyl groups excluding tert-OH is 1. The Hall–Kier alpha value is -2.88. The minimum absolute atomic E-state index is 0.0409. The summed E-state index contributed by atoms with van der Waals surface area (Å²) in [5, 5.41) is 11.2. The van der Waals surface area contributed by atoms with Gasteiger partial charge in [0.05, 0.1) is 33.0 Å². The maximum atomic E-state index is 11.2. The predicted molar refractivity (Wildman–Crippen MR) is 148 cm³/mol.